The van der Waals surface area contributed by atoms with Gasteiger partial charge in [-0.15, -0.1) is 6.42 Å². The minimum absolute atomic E-state index is 0.250. The average Bonchev–Trinajstić information content (AvgIpc) is 2.69. The number of terminal acetylenes is 1. The standard InChI is InChI=1S/C12H18O3/c1-4-9-13-10-12(7-5-6-8-12)15-11(2,3)14-10/h1,10H,5-9H2,2-3H3. The fourth-order valence-corrected chi connectivity index (χ4v) is 2.55. The summed E-state index contributed by atoms with van der Waals surface area (Å²) in [7, 11) is 0. The van der Waals surface area contributed by atoms with Gasteiger partial charge in [0.15, 0.2) is 12.1 Å². The molecule has 0 N–H and O–H groups in total. The lowest BCUT2D eigenvalue weighted by atomic mass is 10.0. The highest BCUT2D eigenvalue weighted by Crippen LogP contribution is 2.46. The Morgan fingerprint density at radius 3 is 2.67 bits per heavy atom. The third kappa shape index (κ3) is 2.03. The van der Waals surface area contributed by atoms with Crippen molar-refractivity contribution in [2.75, 3.05) is 6.61 Å². The summed E-state index contributed by atoms with van der Waals surface area (Å²) in [6, 6.07) is 0. The second-order valence-electron chi connectivity index (χ2n) is 4.74. The lowest BCUT2D eigenvalue weighted by Crippen LogP contribution is -2.39. The first kappa shape index (κ1) is 10.9. The Hall–Kier alpha value is -0.560. The van der Waals surface area contributed by atoms with E-state index in [1.165, 1.54) is 12.8 Å². The zero-order valence-corrected chi connectivity index (χ0v) is 9.41. The quantitative estimate of drug-likeness (QED) is 0.653. The topological polar surface area (TPSA) is 27.7 Å². The van der Waals surface area contributed by atoms with Gasteiger partial charge in [-0.2, -0.15) is 0 Å². The van der Waals surface area contributed by atoms with E-state index in [4.69, 9.17) is 20.6 Å². The predicted octanol–water partition coefficient (Wildman–Crippen LogP) is 2.06. The van der Waals surface area contributed by atoms with Crippen LogP contribution >= 0.6 is 0 Å². The van der Waals surface area contributed by atoms with Crippen molar-refractivity contribution in [3.05, 3.63) is 0 Å². The molecule has 0 aromatic heterocycles. The average molecular weight is 210 g/mol. The van der Waals surface area contributed by atoms with Crippen molar-refractivity contribution in [3.8, 4) is 12.3 Å². The predicted molar refractivity (Wildman–Crippen MR) is 56.0 cm³/mol. The number of rotatable bonds is 2. The first-order chi connectivity index (χ1) is 7.08. The maximum absolute atomic E-state index is 5.99. The summed E-state index contributed by atoms with van der Waals surface area (Å²) in [6.07, 6.45) is 9.25. The molecule has 3 nitrogen and oxygen atoms in total. The van der Waals surface area contributed by atoms with Gasteiger partial charge in [0.05, 0.1) is 0 Å². The molecular formula is C12H18O3. The minimum atomic E-state index is -0.552. The van der Waals surface area contributed by atoms with E-state index >= 15 is 0 Å². The van der Waals surface area contributed by atoms with Crippen molar-refractivity contribution < 1.29 is 14.2 Å². The second kappa shape index (κ2) is 3.79. The largest absolute Gasteiger partial charge is 0.339 e. The SMILES string of the molecule is C#CCOC1OC(C)(C)OC12CCCC2. The fraction of sp³-hybridized carbons (Fsp3) is 0.833. The molecule has 1 unspecified atom stereocenters. The molecule has 2 fully saturated rings. The Morgan fingerprint density at radius 1 is 1.40 bits per heavy atom. The summed E-state index contributed by atoms with van der Waals surface area (Å²) in [5.41, 5.74) is -0.250. The molecule has 0 amide bonds. The van der Waals surface area contributed by atoms with Crippen molar-refractivity contribution in [2.45, 2.75) is 57.2 Å². The van der Waals surface area contributed by atoms with E-state index in [0.29, 0.717) is 0 Å². The highest BCUT2D eigenvalue weighted by molar-refractivity contribution is 4.96. The summed E-state index contributed by atoms with van der Waals surface area (Å²) in [5, 5.41) is 0. The maximum Gasteiger partial charge on any atom is 0.191 e. The molecule has 84 valence electrons. The van der Waals surface area contributed by atoms with Crippen LogP contribution in [-0.2, 0) is 14.2 Å². The van der Waals surface area contributed by atoms with Gasteiger partial charge in [-0.3, -0.25) is 0 Å². The van der Waals surface area contributed by atoms with Gasteiger partial charge in [-0.25, -0.2) is 0 Å². The first-order valence-corrected chi connectivity index (χ1v) is 5.51. The summed E-state index contributed by atoms with van der Waals surface area (Å²) in [6.45, 7) is 4.13. The van der Waals surface area contributed by atoms with Gasteiger partial charge in [0.2, 0.25) is 0 Å². The monoisotopic (exact) mass is 210 g/mol. The van der Waals surface area contributed by atoms with Crippen molar-refractivity contribution in [2.24, 2.45) is 0 Å². The molecule has 2 aliphatic rings. The Balaban J connectivity index is 2.10. The van der Waals surface area contributed by atoms with Crippen LogP contribution in [0.1, 0.15) is 39.5 Å². The highest BCUT2D eigenvalue weighted by Gasteiger charge is 2.55. The molecule has 1 atom stereocenters. The molecule has 1 saturated heterocycles. The molecule has 0 bridgehead atoms. The Labute approximate surface area is 91.1 Å². The Morgan fingerprint density at radius 2 is 2.07 bits per heavy atom. The zero-order chi connectivity index (χ0) is 10.9. The van der Waals surface area contributed by atoms with Gasteiger partial charge in [-0.1, -0.05) is 18.8 Å². The second-order valence-corrected chi connectivity index (χ2v) is 4.74. The minimum Gasteiger partial charge on any atom is -0.339 e. The van der Waals surface area contributed by atoms with E-state index in [-0.39, 0.29) is 18.5 Å². The van der Waals surface area contributed by atoms with E-state index in [1.807, 2.05) is 13.8 Å². The number of ether oxygens (including phenoxy) is 3. The lowest BCUT2D eigenvalue weighted by Gasteiger charge is -2.27. The molecule has 1 aliphatic heterocycles. The molecule has 3 heteroatoms. The van der Waals surface area contributed by atoms with Gasteiger partial charge < -0.3 is 14.2 Å². The van der Waals surface area contributed by atoms with Gasteiger partial charge >= 0.3 is 0 Å². The van der Waals surface area contributed by atoms with Crippen LogP contribution in [0.15, 0.2) is 0 Å². The van der Waals surface area contributed by atoms with E-state index in [2.05, 4.69) is 5.92 Å². The summed E-state index contributed by atoms with van der Waals surface area (Å²) in [5.74, 6) is 1.92. The van der Waals surface area contributed by atoms with Crippen molar-refractivity contribution in [3.63, 3.8) is 0 Å². The van der Waals surface area contributed by atoms with E-state index < -0.39 is 5.79 Å². The number of hydrogen-bond donors (Lipinski definition) is 0. The van der Waals surface area contributed by atoms with Crippen LogP contribution in [0.25, 0.3) is 0 Å². The van der Waals surface area contributed by atoms with Crippen LogP contribution in [0.4, 0.5) is 0 Å². The van der Waals surface area contributed by atoms with Crippen LogP contribution in [-0.4, -0.2) is 24.3 Å². The molecule has 1 saturated carbocycles. The lowest BCUT2D eigenvalue weighted by molar-refractivity contribution is -0.186. The summed E-state index contributed by atoms with van der Waals surface area (Å²) >= 11 is 0. The molecular weight excluding hydrogens is 192 g/mol. The summed E-state index contributed by atoms with van der Waals surface area (Å²) in [4.78, 5) is 0. The molecule has 0 aromatic carbocycles. The van der Waals surface area contributed by atoms with Gasteiger partial charge in [0, 0.05) is 0 Å². The third-order valence-electron chi connectivity index (χ3n) is 3.04. The maximum atomic E-state index is 5.99. The van der Waals surface area contributed by atoms with Crippen LogP contribution in [0, 0.1) is 12.3 Å². The highest BCUT2D eigenvalue weighted by atomic mass is 16.8. The molecule has 15 heavy (non-hydrogen) atoms. The molecule has 0 aromatic rings. The zero-order valence-electron chi connectivity index (χ0n) is 9.41. The van der Waals surface area contributed by atoms with Crippen LogP contribution in [0.3, 0.4) is 0 Å². The van der Waals surface area contributed by atoms with E-state index in [9.17, 15) is 0 Å². The molecule has 1 spiro atoms. The van der Waals surface area contributed by atoms with Crippen molar-refractivity contribution in [1.82, 2.24) is 0 Å². The fourth-order valence-electron chi connectivity index (χ4n) is 2.55. The van der Waals surface area contributed by atoms with E-state index in [0.717, 1.165) is 12.8 Å². The normalized spacial score (nSPS) is 31.9. The molecule has 0 radical (unpaired) electrons. The molecule has 2 rings (SSSR count). The van der Waals surface area contributed by atoms with Crippen LogP contribution < -0.4 is 0 Å². The van der Waals surface area contributed by atoms with Gasteiger partial charge in [0.1, 0.15) is 12.2 Å². The van der Waals surface area contributed by atoms with Crippen molar-refractivity contribution in [1.29, 1.82) is 0 Å². The van der Waals surface area contributed by atoms with E-state index in [1.54, 1.807) is 0 Å². The molecule has 1 heterocycles. The molecule has 1 aliphatic carbocycles. The Kier molecular flexibility index (Phi) is 2.76. The van der Waals surface area contributed by atoms with Gasteiger partial charge in [-0.05, 0) is 26.7 Å². The van der Waals surface area contributed by atoms with Crippen LogP contribution in [0.2, 0.25) is 0 Å². The van der Waals surface area contributed by atoms with Gasteiger partial charge in [0.25, 0.3) is 0 Å². The van der Waals surface area contributed by atoms with Crippen LogP contribution in [0.5, 0.6) is 0 Å². The first-order valence-electron chi connectivity index (χ1n) is 5.51. The summed E-state index contributed by atoms with van der Waals surface area (Å²) < 4.78 is 17.3. The Bertz CT molecular complexity index is 271. The van der Waals surface area contributed by atoms with Crippen molar-refractivity contribution >= 4 is 0 Å². The smallest absolute Gasteiger partial charge is 0.191 e. The third-order valence-corrected chi connectivity index (χ3v) is 3.04. The number of hydrogen-bond acceptors (Lipinski definition) is 3.